The molecule has 0 saturated heterocycles. The van der Waals surface area contributed by atoms with Crippen LogP contribution in [0.15, 0.2) is 0 Å². The second kappa shape index (κ2) is 5.06. The minimum atomic E-state index is -4.84. The van der Waals surface area contributed by atoms with Crippen LogP contribution < -0.4 is 5.32 Å². The maximum absolute atomic E-state index is 11.7. The molecule has 0 radical (unpaired) electrons. The fourth-order valence-corrected chi connectivity index (χ4v) is 0.801. The van der Waals surface area contributed by atoms with Crippen molar-refractivity contribution in [1.29, 1.82) is 0 Å². The first-order valence-corrected chi connectivity index (χ1v) is 3.90. The summed E-state index contributed by atoms with van der Waals surface area (Å²) < 4.78 is 35.1. The third-order valence-electron chi connectivity index (χ3n) is 1.56. The summed E-state index contributed by atoms with van der Waals surface area (Å²) in [5.41, 5.74) is 0. The van der Waals surface area contributed by atoms with E-state index >= 15 is 0 Å². The number of nitrogens with one attached hydrogen (secondary N) is 1. The summed E-state index contributed by atoms with van der Waals surface area (Å²) in [7, 11) is 0. The van der Waals surface area contributed by atoms with Gasteiger partial charge in [-0.3, -0.25) is 4.79 Å². The van der Waals surface area contributed by atoms with Gasteiger partial charge in [-0.05, 0) is 12.8 Å². The maximum Gasteiger partial charge on any atom is 0.471 e. The molecule has 0 aliphatic carbocycles. The Morgan fingerprint density at radius 2 is 2.08 bits per heavy atom. The van der Waals surface area contributed by atoms with E-state index in [1.165, 1.54) is 0 Å². The molecule has 0 bridgehead atoms. The Morgan fingerprint density at radius 3 is 2.38 bits per heavy atom. The second-order valence-electron chi connectivity index (χ2n) is 2.59. The van der Waals surface area contributed by atoms with E-state index in [4.69, 9.17) is 5.11 Å². The number of hydrogen-bond donors (Lipinski definition) is 2. The van der Waals surface area contributed by atoms with Gasteiger partial charge in [0.1, 0.15) is 0 Å². The first kappa shape index (κ1) is 12.2. The van der Waals surface area contributed by atoms with Gasteiger partial charge in [-0.15, -0.1) is 0 Å². The third kappa shape index (κ3) is 4.72. The number of hydrogen-bond acceptors (Lipinski definition) is 2. The molecule has 0 fully saturated rings. The second-order valence-corrected chi connectivity index (χ2v) is 2.59. The van der Waals surface area contributed by atoms with Crippen molar-refractivity contribution in [2.75, 3.05) is 6.61 Å². The van der Waals surface area contributed by atoms with E-state index in [1.54, 1.807) is 12.2 Å². The van der Waals surface area contributed by atoms with Crippen LogP contribution in [0.2, 0.25) is 0 Å². The van der Waals surface area contributed by atoms with Gasteiger partial charge in [0.25, 0.3) is 0 Å². The van der Waals surface area contributed by atoms with Crippen molar-refractivity contribution in [1.82, 2.24) is 5.32 Å². The lowest BCUT2D eigenvalue weighted by Crippen LogP contribution is -2.43. The standard InChI is InChI=1S/C7H12F3NO2/c1-2-5(3-4-12)11-6(13)7(8,9)10/h5,12H,2-4H2,1H3,(H,11,13). The largest absolute Gasteiger partial charge is 0.471 e. The van der Waals surface area contributed by atoms with Gasteiger partial charge in [0.2, 0.25) is 0 Å². The van der Waals surface area contributed by atoms with Crippen LogP contribution in [-0.4, -0.2) is 29.8 Å². The molecule has 0 aromatic rings. The molecule has 78 valence electrons. The van der Waals surface area contributed by atoms with Crippen LogP contribution in [0.5, 0.6) is 0 Å². The van der Waals surface area contributed by atoms with Crippen molar-refractivity contribution < 1.29 is 23.1 Å². The Balaban J connectivity index is 4.01. The highest BCUT2D eigenvalue weighted by Gasteiger charge is 2.39. The summed E-state index contributed by atoms with van der Waals surface area (Å²) in [5.74, 6) is -1.95. The molecule has 1 atom stereocenters. The van der Waals surface area contributed by atoms with Crippen LogP contribution >= 0.6 is 0 Å². The van der Waals surface area contributed by atoms with Crippen LogP contribution in [0.1, 0.15) is 19.8 Å². The first-order valence-electron chi connectivity index (χ1n) is 3.90. The van der Waals surface area contributed by atoms with Crippen molar-refractivity contribution in [2.45, 2.75) is 32.0 Å². The molecular formula is C7H12F3NO2. The zero-order chi connectivity index (χ0) is 10.5. The smallest absolute Gasteiger partial charge is 0.396 e. The van der Waals surface area contributed by atoms with Gasteiger partial charge in [-0.1, -0.05) is 6.92 Å². The maximum atomic E-state index is 11.7. The SMILES string of the molecule is CCC(CCO)NC(=O)C(F)(F)F. The van der Waals surface area contributed by atoms with Crippen molar-refractivity contribution >= 4 is 5.91 Å². The highest BCUT2D eigenvalue weighted by molar-refractivity contribution is 5.81. The molecule has 1 unspecified atom stereocenters. The predicted octanol–water partition coefficient (Wildman–Crippen LogP) is 0.826. The Bertz CT molecular complexity index is 170. The van der Waals surface area contributed by atoms with E-state index in [1.807, 2.05) is 0 Å². The lowest BCUT2D eigenvalue weighted by Gasteiger charge is -2.16. The van der Waals surface area contributed by atoms with E-state index in [0.29, 0.717) is 6.42 Å². The summed E-state index contributed by atoms with van der Waals surface area (Å²) in [6, 6.07) is -0.612. The van der Waals surface area contributed by atoms with Gasteiger partial charge < -0.3 is 10.4 Å². The molecule has 0 aliphatic rings. The van der Waals surface area contributed by atoms with E-state index in [0.717, 1.165) is 0 Å². The molecule has 0 aromatic carbocycles. The molecule has 6 heteroatoms. The minimum absolute atomic E-state index is 0.137. The number of alkyl halides is 3. The average Bonchev–Trinajstić information content (AvgIpc) is 2.01. The first-order chi connectivity index (χ1) is 5.91. The summed E-state index contributed by atoms with van der Waals surface area (Å²) in [6.45, 7) is 1.40. The monoisotopic (exact) mass is 199 g/mol. The fourth-order valence-electron chi connectivity index (χ4n) is 0.801. The Morgan fingerprint density at radius 1 is 1.54 bits per heavy atom. The van der Waals surface area contributed by atoms with Crippen molar-refractivity contribution in [2.24, 2.45) is 0 Å². The lowest BCUT2D eigenvalue weighted by atomic mass is 10.1. The molecule has 13 heavy (non-hydrogen) atoms. The molecule has 0 aromatic heterocycles. The Hall–Kier alpha value is -0.780. The number of carbonyl (C=O) groups is 1. The van der Waals surface area contributed by atoms with Gasteiger partial charge in [-0.25, -0.2) is 0 Å². The Kier molecular flexibility index (Phi) is 4.76. The van der Waals surface area contributed by atoms with Crippen LogP contribution in [0.3, 0.4) is 0 Å². The van der Waals surface area contributed by atoms with Crippen LogP contribution in [0, 0.1) is 0 Å². The van der Waals surface area contributed by atoms with Crippen molar-refractivity contribution in [3.05, 3.63) is 0 Å². The molecule has 2 N–H and O–H groups in total. The van der Waals surface area contributed by atoms with E-state index in [2.05, 4.69) is 0 Å². The van der Waals surface area contributed by atoms with E-state index < -0.39 is 18.1 Å². The molecule has 1 amide bonds. The molecular weight excluding hydrogens is 187 g/mol. The molecule has 0 rings (SSSR count). The number of aliphatic hydroxyl groups is 1. The molecule has 0 spiro atoms. The zero-order valence-electron chi connectivity index (χ0n) is 7.19. The molecule has 0 aliphatic heterocycles. The Labute approximate surface area is 73.9 Å². The number of rotatable bonds is 4. The number of aliphatic hydroxyl groups excluding tert-OH is 1. The van der Waals surface area contributed by atoms with Gasteiger partial charge in [0.05, 0.1) is 0 Å². The van der Waals surface area contributed by atoms with Gasteiger partial charge in [0.15, 0.2) is 0 Å². The summed E-state index contributed by atoms with van der Waals surface area (Å²) in [6.07, 6.45) is -4.34. The van der Waals surface area contributed by atoms with Crippen LogP contribution in [0.25, 0.3) is 0 Å². The number of carbonyl (C=O) groups excluding carboxylic acids is 1. The van der Waals surface area contributed by atoms with Gasteiger partial charge in [-0.2, -0.15) is 13.2 Å². The predicted molar refractivity (Wildman–Crippen MR) is 40.0 cm³/mol. The van der Waals surface area contributed by atoms with Crippen molar-refractivity contribution in [3.8, 4) is 0 Å². The quantitative estimate of drug-likeness (QED) is 0.704. The summed E-state index contributed by atoms with van der Waals surface area (Å²) in [4.78, 5) is 10.4. The highest BCUT2D eigenvalue weighted by atomic mass is 19.4. The minimum Gasteiger partial charge on any atom is -0.396 e. The normalized spacial score (nSPS) is 13.9. The van der Waals surface area contributed by atoms with Crippen molar-refractivity contribution in [3.63, 3.8) is 0 Å². The molecule has 0 saturated carbocycles. The topological polar surface area (TPSA) is 49.3 Å². The third-order valence-corrected chi connectivity index (χ3v) is 1.56. The summed E-state index contributed by atoms with van der Waals surface area (Å²) in [5, 5.41) is 10.2. The summed E-state index contributed by atoms with van der Waals surface area (Å²) >= 11 is 0. The van der Waals surface area contributed by atoms with Gasteiger partial charge in [0, 0.05) is 12.6 Å². The van der Waals surface area contributed by atoms with E-state index in [-0.39, 0.29) is 13.0 Å². The number of halogens is 3. The van der Waals surface area contributed by atoms with Crippen LogP contribution in [-0.2, 0) is 4.79 Å². The fraction of sp³-hybridized carbons (Fsp3) is 0.857. The van der Waals surface area contributed by atoms with Gasteiger partial charge >= 0.3 is 12.1 Å². The van der Waals surface area contributed by atoms with E-state index in [9.17, 15) is 18.0 Å². The number of amides is 1. The van der Waals surface area contributed by atoms with Crippen LogP contribution in [0.4, 0.5) is 13.2 Å². The molecule has 0 heterocycles. The average molecular weight is 199 g/mol. The molecule has 3 nitrogen and oxygen atoms in total. The zero-order valence-corrected chi connectivity index (χ0v) is 7.19. The lowest BCUT2D eigenvalue weighted by molar-refractivity contribution is -0.174. The highest BCUT2D eigenvalue weighted by Crippen LogP contribution is 2.15.